The summed E-state index contributed by atoms with van der Waals surface area (Å²) in [6.45, 7) is 11.3. The quantitative estimate of drug-likeness (QED) is 0.731. The van der Waals surface area contributed by atoms with Crippen LogP contribution in [0.3, 0.4) is 0 Å². The lowest BCUT2D eigenvalue weighted by Gasteiger charge is -2.23. The second-order valence-electron chi connectivity index (χ2n) is 7.27. The van der Waals surface area contributed by atoms with Crippen molar-refractivity contribution < 1.29 is 9.59 Å². The zero-order valence-corrected chi connectivity index (χ0v) is 15.8. The first-order chi connectivity index (χ1) is 11.3. The highest BCUT2D eigenvalue weighted by atomic mass is 16.2. The van der Waals surface area contributed by atoms with Gasteiger partial charge in [0.05, 0.1) is 0 Å². The number of hydrogen-bond acceptors (Lipinski definition) is 2. The molecule has 0 fully saturated rings. The maximum atomic E-state index is 11.9. The number of benzene rings is 1. The summed E-state index contributed by atoms with van der Waals surface area (Å²) in [6, 6.07) is 8.02. The highest BCUT2D eigenvalue weighted by Crippen LogP contribution is 2.25. The van der Waals surface area contributed by atoms with Crippen LogP contribution >= 0.6 is 0 Å². The molecule has 24 heavy (non-hydrogen) atoms. The maximum Gasteiger partial charge on any atom is 0.223 e. The lowest BCUT2D eigenvalue weighted by molar-refractivity contribution is -0.121. The van der Waals surface area contributed by atoms with E-state index in [0.717, 1.165) is 24.9 Å². The van der Waals surface area contributed by atoms with E-state index in [0.29, 0.717) is 19.5 Å². The highest BCUT2D eigenvalue weighted by molar-refractivity contribution is 5.92. The number of nitrogens with zero attached hydrogens (tertiary/aromatic N) is 1. The number of hydrogen-bond donors (Lipinski definition) is 1. The van der Waals surface area contributed by atoms with Crippen LogP contribution in [0.4, 0.5) is 5.69 Å². The Morgan fingerprint density at radius 2 is 1.71 bits per heavy atom. The SMILES string of the molecule is CCCCCNC(=O)CCN(C(C)=O)c1ccc(C(C)(C)C)cc1. The van der Waals surface area contributed by atoms with E-state index in [1.807, 2.05) is 12.1 Å². The third-order valence-corrected chi connectivity index (χ3v) is 4.09. The normalized spacial score (nSPS) is 11.2. The summed E-state index contributed by atoms with van der Waals surface area (Å²) in [5.41, 5.74) is 2.15. The number of carbonyl (C=O) groups excluding carboxylic acids is 2. The van der Waals surface area contributed by atoms with Gasteiger partial charge in [-0.3, -0.25) is 9.59 Å². The number of unbranched alkanes of at least 4 members (excludes halogenated alkanes) is 2. The van der Waals surface area contributed by atoms with Crippen molar-refractivity contribution >= 4 is 17.5 Å². The Bertz CT molecular complexity index is 530. The van der Waals surface area contributed by atoms with E-state index >= 15 is 0 Å². The molecular formula is C20H32N2O2. The van der Waals surface area contributed by atoms with Crippen LogP contribution in [-0.2, 0) is 15.0 Å². The Morgan fingerprint density at radius 1 is 1.08 bits per heavy atom. The molecule has 1 aromatic rings. The molecular weight excluding hydrogens is 300 g/mol. The van der Waals surface area contributed by atoms with Gasteiger partial charge in [-0.25, -0.2) is 0 Å². The zero-order valence-electron chi connectivity index (χ0n) is 15.8. The molecule has 2 amide bonds. The highest BCUT2D eigenvalue weighted by Gasteiger charge is 2.16. The second-order valence-corrected chi connectivity index (χ2v) is 7.27. The summed E-state index contributed by atoms with van der Waals surface area (Å²) in [4.78, 5) is 25.5. The van der Waals surface area contributed by atoms with E-state index in [9.17, 15) is 9.59 Å². The van der Waals surface area contributed by atoms with Crippen molar-refractivity contribution in [1.29, 1.82) is 0 Å². The fraction of sp³-hybridized carbons (Fsp3) is 0.600. The van der Waals surface area contributed by atoms with Crippen molar-refractivity contribution in [2.45, 2.75) is 65.7 Å². The lowest BCUT2D eigenvalue weighted by atomic mass is 9.87. The number of anilines is 1. The molecule has 4 nitrogen and oxygen atoms in total. The van der Waals surface area contributed by atoms with Crippen LogP contribution in [-0.4, -0.2) is 24.9 Å². The predicted octanol–water partition coefficient (Wildman–Crippen LogP) is 4.03. The molecule has 0 unspecified atom stereocenters. The Kier molecular flexibility index (Phi) is 7.96. The molecule has 0 atom stereocenters. The molecule has 0 radical (unpaired) electrons. The van der Waals surface area contributed by atoms with E-state index in [1.165, 1.54) is 12.5 Å². The maximum absolute atomic E-state index is 11.9. The molecule has 1 N–H and O–H groups in total. The van der Waals surface area contributed by atoms with Gasteiger partial charge in [0.1, 0.15) is 0 Å². The van der Waals surface area contributed by atoms with Gasteiger partial charge in [0.2, 0.25) is 11.8 Å². The van der Waals surface area contributed by atoms with Crippen molar-refractivity contribution in [2.75, 3.05) is 18.0 Å². The van der Waals surface area contributed by atoms with Crippen molar-refractivity contribution in [3.05, 3.63) is 29.8 Å². The van der Waals surface area contributed by atoms with Crippen LogP contribution in [0.2, 0.25) is 0 Å². The van der Waals surface area contributed by atoms with E-state index in [1.54, 1.807) is 4.90 Å². The summed E-state index contributed by atoms with van der Waals surface area (Å²) >= 11 is 0. The minimum atomic E-state index is -0.0442. The average Bonchev–Trinajstić information content (AvgIpc) is 2.51. The molecule has 0 saturated heterocycles. The first-order valence-corrected chi connectivity index (χ1v) is 8.91. The van der Waals surface area contributed by atoms with Crippen LogP contribution < -0.4 is 10.2 Å². The van der Waals surface area contributed by atoms with E-state index in [2.05, 4.69) is 45.1 Å². The van der Waals surface area contributed by atoms with Gasteiger partial charge < -0.3 is 10.2 Å². The number of nitrogens with one attached hydrogen (secondary N) is 1. The van der Waals surface area contributed by atoms with Gasteiger partial charge in [-0.1, -0.05) is 52.7 Å². The van der Waals surface area contributed by atoms with Gasteiger partial charge in [-0.2, -0.15) is 0 Å². The largest absolute Gasteiger partial charge is 0.356 e. The van der Waals surface area contributed by atoms with Crippen LogP contribution in [0.25, 0.3) is 0 Å². The van der Waals surface area contributed by atoms with Crippen LogP contribution in [0.5, 0.6) is 0 Å². The van der Waals surface area contributed by atoms with Gasteiger partial charge in [-0.05, 0) is 29.5 Å². The number of rotatable bonds is 8. The molecule has 0 aliphatic heterocycles. The molecule has 0 bridgehead atoms. The number of amides is 2. The summed E-state index contributed by atoms with van der Waals surface area (Å²) in [5.74, 6) is -0.0408. The molecule has 1 aromatic carbocycles. The smallest absolute Gasteiger partial charge is 0.223 e. The molecule has 0 aliphatic carbocycles. The molecule has 0 aliphatic rings. The average molecular weight is 332 g/mol. The van der Waals surface area contributed by atoms with Crippen LogP contribution in [0, 0.1) is 0 Å². The first-order valence-electron chi connectivity index (χ1n) is 8.91. The molecule has 0 heterocycles. The van der Waals surface area contributed by atoms with E-state index in [4.69, 9.17) is 0 Å². The third-order valence-electron chi connectivity index (χ3n) is 4.09. The van der Waals surface area contributed by atoms with Crippen molar-refractivity contribution in [2.24, 2.45) is 0 Å². The van der Waals surface area contributed by atoms with Gasteiger partial charge in [0.15, 0.2) is 0 Å². The molecule has 0 spiro atoms. The Balaban J connectivity index is 2.61. The van der Waals surface area contributed by atoms with Crippen LogP contribution in [0.1, 0.15) is 65.9 Å². The fourth-order valence-electron chi connectivity index (χ4n) is 2.51. The predicted molar refractivity (Wildman–Crippen MR) is 100 cm³/mol. The van der Waals surface area contributed by atoms with Crippen molar-refractivity contribution in [3.8, 4) is 0 Å². The molecule has 4 heteroatoms. The van der Waals surface area contributed by atoms with E-state index < -0.39 is 0 Å². The molecule has 0 aromatic heterocycles. The summed E-state index contributed by atoms with van der Waals surface area (Å²) in [5, 5.41) is 2.92. The van der Waals surface area contributed by atoms with E-state index in [-0.39, 0.29) is 17.2 Å². The fourth-order valence-corrected chi connectivity index (χ4v) is 2.51. The minimum Gasteiger partial charge on any atom is -0.356 e. The molecule has 0 saturated carbocycles. The number of carbonyl (C=O) groups is 2. The third kappa shape index (κ3) is 6.73. The standard InChI is InChI=1S/C20H32N2O2/c1-6-7-8-14-21-19(24)13-15-22(16(2)23)18-11-9-17(10-12-18)20(3,4)5/h9-12H,6-8,13-15H2,1-5H3,(H,21,24). The molecule has 134 valence electrons. The minimum absolute atomic E-state index is 0.00339. The summed E-state index contributed by atoms with van der Waals surface area (Å²) < 4.78 is 0. The first kappa shape index (κ1) is 20.2. The Labute approximate surface area is 146 Å². The second kappa shape index (κ2) is 9.45. The van der Waals surface area contributed by atoms with Gasteiger partial charge in [0, 0.05) is 32.1 Å². The van der Waals surface area contributed by atoms with Crippen molar-refractivity contribution in [3.63, 3.8) is 0 Å². The van der Waals surface area contributed by atoms with Crippen molar-refractivity contribution in [1.82, 2.24) is 5.32 Å². The van der Waals surface area contributed by atoms with Gasteiger partial charge in [-0.15, -0.1) is 0 Å². The van der Waals surface area contributed by atoms with Gasteiger partial charge >= 0.3 is 0 Å². The van der Waals surface area contributed by atoms with Gasteiger partial charge in [0.25, 0.3) is 0 Å². The zero-order chi connectivity index (χ0) is 18.2. The molecule has 1 rings (SSSR count). The monoisotopic (exact) mass is 332 g/mol. The Hall–Kier alpha value is -1.84. The lowest BCUT2D eigenvalue weighted by Crippen LogP contribution is -2.34. The summed E-state index contributed by atoms with van der Waals surface area (Å²) in [7, 11) is 0. The Morgan fingerprint density at radius 3 is 2.21 bits per heavy atom. The van der Waals surface area contributed by atoms with Crippen LogP contribution in [0.15, 0.2) is 24.3 Å². The summed E-state index contributed by atoms with van der Waals surface area (Å²) in [6.07, 6.45) is 3.60. The topological polar surface area (TPSA) is 49.4 Å².